The summed E-state index contributed by atoms with van der Waals surface area (Å²) in [5.41, 5.74) is 6.08. The molecule has 0 amide bonds. The summed E-state index contributed by atoms with van der Waals surface area (Å²) in [4.78, 5) is 14.8. The Balaban J connectivity index is 2.01. The zero-order valence-electron chi connectivity index (χ0n) is 15.1. The Bertz CT molecular complexity index is 1090. The summed E-state index contributed by atoms with van der Waals surface area (Å²) in [6.07, 6.45) is 0. The third kappa shape index (κ3) is 3.34. The molecule has 4 nitrogen and oxygen atoms in total. The van der Waals surface area contributed by atoms with Crippen LogP contribution in [0.25, 0.3) is 22.2 Å². The molecule has 0 saturated heterocycles. The van der Waals surface area contributed by atoms with Gasteiger partial charge in [-0.15, -0.1) is 0 Å². The molecule has 1 atom stereocenters. The number of fused-ring (bicyclic) bond motifs is 1. The standard InChI is InChI=1S/C23H20N2O2/c1-16-12-13-19-21(14-16)24-23(18-10-6-3-7-11-18)22(19)20(15-25(26)27)17-8-4-2-5-9-17/h2-14,20,24H,15H2,1H3. The van der Waals surface area contributed by atoms with Crippen molar-refractivity contribution in [2.45, 2.75) is 12.8 Å². The number of hydrogen-bond donors (Lipinski definition) is 1. The number of hydrogen-bond acceptors (Lipinski definition) is 2. The van der Waals surface area contributed by atoms with Crippen molar-refractivity contribution in [1.29, 1.82) is 0 Å². The van der Waals surface area contributed by atoms with Crippen molar-refractivity contribution in [2.75, 3.05) is 6.54 Å². The van der Waals surface area contributed by atoms with E-state index >= 15 is 0 Å². The Kier molecular flexibility index (Phi) is 4.47. The van der Waals surface area contributed by atoms with Gasteiger partial charge in [0.05, 0.1) is 11.6 Å². The van der Waals surface area contributed by atoms with E-state index in [1.54, 1.807) is 0 Å². The van der Waals surface area contributed by atoms with Crippen molar-refractivity contribution in [3.8, 4) is 11.3 Å². The Morgan fingerprint density at radius 3 is 2.30 bits per heavy atom. The van der Waals surface area contributed by atoms with Crippen LogP contribution in [-0.4, -0.2) is 16.5 Å². The van der Waals surface area contributed by atoms with Crippen molar-refractivity contribution in [1.82, 2.24) is 4.98 Å². The van der Waals surface area contributed by atoms with E-state index in [9.17, 15) is 10.1 Å². The fraction of sp³-hybridized carbons (Fsp3) is 0.130. The summed E-state index contributed by atoms with van der Waals surface area (Å²) in [6, 6.07) is 26.0. The van der Waals surface area contributed by atoms with E-state index in [4.69, 9.17) is 0 Å². The van der Waals surface area contributed by atoms with Gasteiger partial charge in [-0.05, 0) is 35.2 Å². The maximum absolute atomic E-state index is 11.5. The van der Waals surface area contributed by atoms with Crippen LogP contribution in [0.15, 0.2) is 78.9 Å². The molecule has 4 rings (SSSR count). The SMILES string of the molecule is Cc1ccc2c(C(C[N+](=O)[O-])c3ccccc3)c(-c3ccccc3)[nH]c2c1. The average Bonchev–Trinajstić information content (AvgIpc) is 3.05. The Morgan fingerprint density at radius 1 is 0.963 bits per heavy atom. The molecule has 134 valence electrons. The maximum Gasteiger partial charge on any atom is 0.214 e. The first-order chi connectivity index (χ1) is 13.1. The zero-order chi connectivity index (χ0) is 18.8. The number of aromatic nitrogens is 1. The normalized spacial score (nSPS) is 12.2. The van der Waals surface area contributed by atoms with E-state index in [1.165, 1.54) is 0 Å². The predicted molar refractivity (Wildman–Crippen MR) is 109 cm³/mol. The minimum Gasteiger partial charge on any atom is -0.354 e. The number of benzene rings is 3. The number of aromatic amines is 1. The molecule has 1 aromatic heterocycles. The first-order valence-corrected chi connectivity index (χ1v) is 8.98. The minimum absolute atomic E-state index is 0.148. The largest absolute Gasteiger partial charge is 0.354 e. The molecule has 1 unspecified atom stereocenters. The lowest BCUT2D eigenvalue weighted by Gasteiger charge is -2.16. The van der Waals surface area contributed by atoms with Gasteiger partial charge in [-0.25, -0.2) is 0 Å². The average molecular weight is 356 g/mol. The second-order valence-corrected chi connectivity index (χ2v) is 6.81. The summed E-state index contributed by atoms with van der Waals surface area (Å²) in [6.45, 7) is 1.90. The molecule has 0 radical (unpaired) electrons. The second kappa shape index (κ2) is 7.08. The Hall–Kier alpha value is -3.40. The molecule has 0 spiro atoms. The molecule has 27 heavy (non-hydrogen) atoms. The van der Waals surface area contributed by atoms with Gasteiger partial charge in [0, 0.05) is 15.8 Å². The highest BCUT2D eigenvalue weighted by molar-refractivity contribution is 5.92. The number of aryl methyl sites for hydroxylation is 1. The Morgan fingerprint density at radius 2 is 1.63 bits per heavy atom. The number of nitrogens with zero attached hydrogens (tertiary/aromatic N) is 1. The van der Waals surface area contributed by atoms with Crippen LogP contribution in [0.3, 0.4) is 0 Å². The lowest BCUT2D eigenvalue weighted by atomic mass is 9.87. The molecule has 0 aliphatic heterocycles. The van der Waals surface area contributed by atoms with Crippen LogP contribution < -0.4 is 0 Å². The van der Waals surface area contributed by atoms with Crippen LogP contribution in [0.4, 0.5) is 0 Å². The summed E-state index contributed by atoms with van der Waals surface area (Å²) >= 11 is 0. The molecule has 0 bridgehead atoms. The molecule has 4 heteroatoms. The zero-order valence-corrected chi connectivity index (χ0v) is 15.1. The van der Waals surface area contributed by atoms with Crippen molar-refractivity contribution in [3.63, 3.8) is 0 Å². The van der Waals surface area contributed by atoms with Gasteiger partial charge >= 0.3 is 0 Å². The first-order valence-electron chi connectivity index (χ1n) is 8.98. The van der Waals surface area contributed by atoms with Gasteiger partial charge < -0.3 is 4.98 Å². The lowest BCUT2D eigenvalue weighted by molar-refractivity contribution is -0.481. The monoisotopic (exact) mass is 356 g/mol. The van der Waals surface area contributed by atoms with E-state index in [0.717, 1.165) is 38.9 Å². The fourth-order valence-corrected chi connectivity index (χ4v) is 3.73. The molecule has 0 fully saturated rings. The van der Waals surface area contributed by atoms with Crippen LogP contribution in [0.2, 0.25) is 0 Å². The second-order valence-electron chi connectivity index (χ2n) is 6.81. The van der Waals surface area contributed by atoms with Gasteiger partial charge in [-0.1, -0.05) is 72.8 Å². The summed E-state index contributed by atoms with van der Waals surface area (Å²) in [5.74, 6) is -0.326. The van der Waals surface area contributed by atoms with Crippen LogP contribution >= 0.6 is 0 Å². The first kappa shape index (κ1) is 17.0. The van der Waals surface area contributed by atoms with Crippen molar-refractivity contribution >= 4 is 10.9 Å². The summed E-state index contributed by atoms with van der Waals surface area (Å²) in [7, 11) is 0. The molecule has 3 aromatic carbocycles. The third-order valence-electron chi connectivity index (χ3n) is 4.94. The lowest BCUT2D eigenvalue weighted by Crippen LogP contribution is -2.14. The van der Waals surface area contributed by atoms with Crippen LogP contribution in [0.5, 0.6) is 0 Å². The number of H-pyrrole nitrogens is 1. The smallest absolute Gasteiger partial charge is 0.214 e. The van der Waals surface area contributed by atoms with E-state index in [2.05, 4.69) is 23.2 Å². The number of rotatable bonds is 5. The van der Waals surface area contributed by atoms with E-state index in [0.29, 0.717) is 0 Å². The van der Waals surface area contributed by atoms with Gasteiger partial charge in [0.1, 0.15) is 0 Å². The van der Waals surface area contributed by atoms with Crippen molar-refractivity contribution < 1.29 is 4.92 Å². The van der Waals surface area contributed by atoms with Gasteiger partial charge in [0.25, 0.3) is 0 Å². The van der Waals surface area contributed by atoms with Gasteiger partial charge in [-0.3, -0.25) is 10.1 Å². The minimum atomic E-state index is -0.326. The molecule has 0 aliphatic rings. The van der Waals surface area contributed by atoms with Gasteiger partial charge in [0.2, 0.25) is 6.54 Å². The number of nitrogens with one attached hydrogen (secondary N) is 1. The van der Waals surface area contributed by atoms with E-state index < -0.39 is 0 Å². The predicted octanol–water partition coefficient (Wildman–Crippen LogP) is 5.55. The summed E-state index contributed by atoms with van der Waals surface area (Å²) in [5, 5.41) is 12.5. The third-order valence-corrected chi connectivity index (χ3v) is 4.94. The molecule has 4 aromatic rings. The Labute approximate surface area is 157 Å². The van der Waals surface area contributed by atoms with Crippen molar-refractivity contribution in [2.24, 2.45) is 0 Å². The highest BCUT2D eigenvalue weighted by atomic mass is 16.6. The molecule has 0 aliphatic carbocycles. The van der Waals surface area contributed by atoms with Crippen LogP contribution in [-0.2, 0) is 0 Å². The van der Waals surface area contributed by atoms with Crippen LogP contribution in [0, 0.1) is 17.0 Å². The van der Waals surface area contributed by atoms with Gasteiger partial charge in [-0.2, -0.15) is 0 Å². The molecule has 0 saturated carbocycles. The topological polar surface area (TPSA) is 58.9 Å². The highest BCUT2D eigenvalue weighted by Crippen LogP contribution is 2.39. The quantitative estimate of drug-likeness (QED) is 0.376. The molecule has 1 N–H and O–H groups in total. The fourth-order valence-electron chi connectivity index (χ4n) is 3.73. The highest BCUT2D eigenvalue weighted by Gasteiger charge is 2.27. The van der Waals surface area contributed by atoms with Gasteiger partial charge in [0.15, 0.2) is 0 Å². The molecular formula is C23H20N2O2. The molecule has 1 heterocycles. The maximum atomic E-state index is 11.5. The van der Waals surface area contributed by atoms with E-state index in [-0.39, 0.29) is 17.4 Å². The molecular weight excluding hydrogens is 336 g/mol. The van der Waals surface area contributed by atoms with Crippen LogP contribution in [0.1, 0.15) is 22.6 Å². The summed E-state index contributed by atoms with van der Waals surface area (Å²) < 4.78 is 0. The van der Waals surface area contributed by atoms with E-state index in [1.807, 2.05) is 67.6 Å². The van der Waals surface area contributed by atoms with Crippen molar-refractivity contribution in [3.05, 3.63) is 106 Å². The number of nitro groups is 1.